The van der Waals surface area contributed by atoms with Gasteiger partial charge in [-0.3, -0.25) is 19.5 Å². The lowest BCUT2D eigenvalue weighted by molar-refractivity contribution is -0.142. The number of carbonyl (C=O) groups is 2. The van der Waals surface area contributed by atoms with E-state index in [0.717, 1.165) is 9.13 Å². The molecule has 13 heteroatoms. The zero-order valence-corrected chi connectivity index (χ0v) is 25.5. The largest absolute Gasteiger partial charge is 0.467 e. The van der Waals surface area contributed by atoms with Gasteiger partial charge in [0.05, 0.1) is 28.9 Å². The van der Waals surface area contributed by atoms with Crippen molar-refractivity contribution in [3.05, 3.63) is 90.3 Å². The molecule has 2 N–H and O–H groups in total. The average Bonchev–Trinajstić information content (AvgIpc) is 2.89. The standard InChI is InChI=1S/C25H19ClI2N4O5S/c1-37-25(34)21(12-14-5-8-17(26)18(28)11-14)31-24(33)16-7-6-15(27)13-20(16)32-38(35,36)22-4-2-3-19-23(22)30-10-9-29-19/h2-11,13,21,32H,12H2,1H3,(H,31,33)/t21-/m0/s1. The molecule has 38 heavy (non-hydrogen) atoms. The van der Waals surface area contributed by atoms with Crippen LogP contribution in [0.3, 0.4) is 0 Å². The van der Waals surface area contributed by atoms with Gasteiger partial charge in [0, 0.05) is 26.0 Å². The Morgan fingerprint density at radius 1 is 1.05 bits per heavy atom. The van der Waals surface area contributed by atoms with Crippen LogP contribution < -0.4 is 10.0 Å². The Balaban J connectivity index is 1.65. The smallest absolute Gasteiger partial charge is 0.328 e. The van der Waals surface area contributed by atoms with Crippen LogP contribution in [0.5, 0.6) is 0 Å². The highest BCUT2D eigenvalue weighted by atomic mass is 127. The number of methoxy groups -OCH3 is 1. The van der Waals surface area contributed by atoms with Crippen LogP contribution >= 0.6 is 56.8 Å². The van der Waals surface area contributed by atoms with Crippen molar-refractivity contribution >= 4 is 95.4 Å². The van der Waals surface area contributed by atoms with Gasteiger partial charge in [0.15, 0.2) is 0 Å². The van der Waals surface area contributed by atoms with Crippen molar-refractivity contribution in [1.29, 1.82) is 0 Å². The van der Waals surface area contributed by atoms with Gasteiger partial charge in [-0.15, -0.1) is 0 Å². The highest BCUT2D eigenvalue weighted by Gasteiger charge is 2.26. The fourth-order valence-electron chi connectivity index (χ4n) is 3.66. The number of amides is 1. The Morgan fingerprint density at radius 2 is 1.82 bits per heavy atom. The van der Waals surface area contributed by atoms with Crippen molar-refractivity contribution in [2.45, 2.75) is 17.4 Å². The first kappa shape index (κ1) is 28.4. The number of carbonyl (C=O) groups excluding carboxylic acids is 2. The fourth-order valence-corrected chi connectivity index (χ4v) is 6.08. The molecule has 1 aromatic heterocycles. The van der Waals surface area contributed by atoms with Gasteiger partial charge in [0.25, 0.3) is 15.9 Å². The maximum Gasteiger partial charge on any atom is 0.328 e. The number of para-hydroxylation sites is 1. The van der Waals surface area contributed by atoms with Gasteiger partial charge in [-0.1, -0.05) is 23.7 Å². The van der Waals surface area contributed by atoms with E-state index in [1.165, 1.54) is 37.7 Å². The lowest BCUT2D eigenvalue weighted by Gasteiger charge is -2.19. The number of hydrogen-bond donors (Lipinski definition) is 2. The second-order valence-electron chi connectivity index (χ2n) is 7.98. The first-order chi connectivity index (χ1) is 18.1. The number of aromatic nitrogens is 2. The van der Waals surface area contributed by atoms with Crippen LogP contribution in [-0.4, -0.2) is 43.4 Å². The molecule has 1 amide bonds. The second kappa shape index (κ2) is 12.1. The summed E-state index contributed by atoms with van der Waals surface area (Å²) in [7, 11) is -2.93. The highest BCUT2D eigenvalue weighted by Crippen LogP contribution is 2.26. The van der Waals surface area contributed by atoms with E-state index < -0.39 is 27.9 Å². The lowest BCUT2D eigenvalue weighted by atomic mass is 10.0. The summed E-state index contributed by atoms with van der Waals surface area (Å²) in [5.74, 6) is -1.30. The van der Waals surface area contributed by atoms with Crippen molar-refractivity contribution in [2.24, 2.45) is 0 Å². The molecule has 0 bridgehead atoms. The van der Waals surface area contributed by atoms with Crippen molar-refractivity contribution < 1.29 is 22.7 Å². The quantitative estimate of drug-likeness (QED) is 0.195. The summed E-state index contributed by atoms with van der Waals surface area (Å²) >= 11 is 10.2. The molecular weight excluding hydrogens is 758 g/mol. The predicted octanol–water partition coefficient (Wildman–Crippen LogP) is 4.81. The second-order valence-corrected chi connectivity index (χ2v) is 12.4. The van der Waals surface area contributed by atoms with E-state index in [1.54, 1.807) is 30.3 Å². The van der Waals surface area contributed by atoms with E-state index in [0.29, 0.717) is 14.1 Å². The van der Waals surface area contributed by atoms with Crippen LogP contribution in [0.15, 0.2) is 71.9 Å². The van der Waals surface area contributed by atoms with Gasteiger partial charge in [-0.2, -0.15) is 0 Å². The molecule has 9 nitrogen and oxygen atoms in total. The van der Waals surface area contributed by atoms with Gasteiger partial charge >= 0.3 is 5.97 Å². The number of ether oxygens (including phenoxy) is 1. The van der Waals surface area contributed by atoms with Gasteiger partial charge in [-0.05, 0) is 93.2 Å². The number of nitrogens with zero attached hydrogens (tertiary/aromatic N) is 2. The van der Waals surface area contributed by atoms with Crippen molar-refractivity contribution in [1.82, 2.24) is 15.3 Å². The average molecular weight is 777 g/mol. The summed E-state index contributed by atoms with van der Waals surface area (Å²) in [6.07, 6.45) is 3.02. The van der Waals surface area contributed by atoms with E-state index in [9.17, 15) is 18.0 Å². The summed E-state index contributed by atoms with van der Waals surface area (Å²) in [5, 5.41) is 3.24. The number of sulfonamides is 1. The Kier molecular flexibility index (Phi) is 9.05. The fraction of sp³-hybridized carbons (Fsp3) is 0.120. The maximum absolute atomic E-state index is 13.4. The molecule has 0 radical (unpaired) electrons. The minimum atomic E-state index is -4.16. The third-order valence-corrected chi connectivity index (χ3v) is 9.05. The van der Waals surface area contributed by atoms with Gasteiger partial charge in [0.2, 0.25) is 0 Å². The monoisotopic (exact) mass is 776 g/mol. The number of nitrogens with one attached hydrogen (secondary N) is 2. The normalized spacial score (nSPS) is 12.1. The predicted molar refractivity (Wildman–Crippen MR) is 161 cm³/mol. The van der Waals surface area contributed by atoms with E-state index in [1.807, 2.05) is 28.7 Å². The summed E-state index contributed by atoms with van der Waals surface area (Å²) < 4.78 is 35.6. The highest BCUT2D eigenvalue weighted by molar-refractivity contribution is 14.1. The van der Waals surface area contributed by atoms with Crippen LogP contribution in [0.1, 0.15) is 15.9 Å². The summed E-state index contributed by atoms with van der Waals surface area (Å²) in [5.41, 5.74) is 1.44. The van der Waals surface area contributed by atoms with E-state index in [4.69, 9.17) is 16.3 Å². The molecule has 4 rings (SSSR count). The Bertz CT molecular complexity index is 1650. The van der Waals surface area contributed by atoms with Crippen molar-refractivity contribution in [2.75, 3.05) is 11.8 Å². The number of fused-ring (bicyclic) bond motifs is 1. The van der Waals surface area contributed by atoms with E-state index >= 15 is 0 Å². The van der Waals surface area contributed by atoms with Crippen LogP contribution in [0, 0.1) is 7.14 Å². The summed E-state index contributed by atoms with van der Waals surface area (Å²) in [6, 6.07) is 13.5. The summed E-state index contributed by atoms with van der Waals surface area (Å²) in [4.78, 5) is 34.1. The minimum absolute atomic E-state index is 0.0277. The zero-order valence-electron chi connectivity index (χ0n) is 19.6. The number of esters is 1. The molecule has 1 atom stereocenters. The molecule has 0 aliphatic carbocycles. The van der Waals surface area contributed by atoms with E-state index in [-0.39, 0.29) is 28.1 Å². The number of halogens is 3. The maximum atomic E-state index is 13.4. The number of anilines is 1. The Morgan fingerprint density at radius 3 is 2.55 bits per heavy atom. The van der Waals surface area contributed by atoms with Gasteiger partial charge < -0.3 is 10.1 Å². The first-order valence-corrected chi connectivity index (χ1v) is 15.0. The Labute approximate surface area is 251 Å². The lowest BCUT2D eigenvalue weighted by Crippen LogP contribution is -2.43. The molecule has 0 aliphatic heterocycles. The van der Waals surface area contributed by atoms with Gasteiger partial charge in [-0.25, -0.2) is 13.2 Å². The zero-order chi connectivity index (χ0) is 27.4. The third-order valence-electron chi connectivity index (χ3n) is 5.44. The van der Waals surface area contributed by atoms with Gasteiger partial charge in [0.1, 0.15) is 16.5 Å². The van der Waals surface area contributed by atoms with Crippen LogP contribution in [0.25, 0.3) is 11.0 Å². The number of rotatable bonds is 8. The molecule has 196 valence electrons. The molecule has 4 aromatic rings. The molecule has 0 fully saturated rings. The third kappa shape index (κ3) is 6.52. The first-order valence-electron chi connectivity index (χ1n) is 10.9. The van der Waals surface area contributed by atoms with Crippen molar-refractivity contribution in [3.63, 3.8) is 0 Å². The van der Waals surface area contributed by atoms with Crippen LogP contribution in [0.2, 0.25) is 5.02 Å². The Hall–Kier alpha value is -2.56. The number of benzene rings is 3. The topological polar surface area (TPSA) is 127 Å². The molecule has 0 saturated heterocycles. The molecule has 0 aliphatic rings. The SMILES string of the molecule is COC(=O)[C@H](Cc1ccc(Cl)c(I)c1)NC(=O)c1ccc(I)cc1NS(=O)(=O)c1cccc2nccnc12. The molecule has 0 saturated carbocycles. The molecule has 3 aromatic carbocycles. The number of hydrogen-bond acceptors (Lipinski definition) is 7. The molecular formula is C25H19ClI2N4O5S. The van der Waals surface area contributed by atoms with Crippen LogP contribution in [-0.2, 0) is 26.0 Å². The molecule has 0 spiro atoms. The van der Waals surface area contributed by atoms with Crippen LogP contribution in [0.4, 0.5) is 5.69 Å². The molecule has 1 heterocycles. The minimum Gasteiger partial charge on any atom is -0.467 e. The van der Waals surface area contributed by atoms with Crippen molar-refractivity contribution in [3.8, 4) is 0 Å². The summed E-state index contributed by atoms with van der Waals surface area (Å²) in [6.45, 7) is 0. The van der Waals surface area contributed by atoms with E-state index in [2.05, 4.69) is 42.6 Å². The molecule has 0 unspecified atom stereocenters.